The first kappa shape index (κ1) is 17.2. The number of aromatic carboxylic acids is 1. The minimum absolute atomic E-state index is 0.0204. The van der Waals surface area contributed by atoms with Crippen LogP contribution in [0, 0.1) is 13.8 Å². The van der Waals surface area contributed by atoms with Gasteiger partial charge in [0.2, 0.25) is 11.8 Å². The average Bonchev–Trinajstić information content (AvgIpc) is 2.84. The molecule has 1 aromatic heterocycles. The first-order valence-electron chi connectivity index (χ1n) is 7.67. The second-order valence-corrected chi connectivity index (χ2v) is 7.02. The molecule has 0 bridgehead atoms. The van der Waals surface area contributed by atoms with Crippen molar-refractivity contribution in [2.75, 3.05) is 4.90 Å². The van der Waals surface area contributed by atoms with E-state index in [9.17, 15) is 19.5 Å². The van der Waals surface area contributed by atoms with E-state index in [0.29, 0.717) is 5.69 Å². The maximum atomic E-state index is 12.8. The number of benzene rings is 1. The number of hydrogen-bond acceptors (Lipinski definition) is 5. The minimum Gasteiger partial charge on any atom is -0.478 e. The number of rotatable bonds is 4. The van der Waals surface area contributed by atoms with Gasteiger partial charge in [0.25, 0.3) is 0 Å². The number of carboxylic acid groups (broad SMARTS) is 1. The standard InChI is InChI=1S/C18H16N2O4S/c1-10-5-6-11(2)13(8-10)20-15(21)9-14(17(20)22)25-16-12(18(23)24)4-3-7-19-16/h3-8,14H,9H2,1-2H3,(H,23,24)/t14-/m0/s1. The van der Waals surface area contributed by atoms with Crippen molar-refractivity contribution < 1.29 is 19.5 Å². The van der Waals surface area contributed by atoms with E-state index >= 15 is 0 Å². The fourth-order valence-electron chi connectivity index (χ4n) is 2.69. The summed E-state index contributed by atoms with van der Waals surface area (Å²) in [5.74, 6) is -1.74. The minimum atomic E-state index is -1.11. The summed E-state index contributed by atoms with van der Waals surface area (Å²) in [5.41, 5.74) is 2.40. The van der Waals surface area contributed by atoms with E-state index in [1.165, 1.54) is 23.2 Å². The molecule has 2 heterocycles. The molecule has 1 aliphatic heterocycles. The zero-order chi connectivity index (χ0) is 18.1. The summed E-state index contributed by atoms with van der Waals surface area (Å²) in [7, 11) is 0. The van der Waals surface area contributed by atoms with Crippen LogP contribution < -0.4 is 4.90 Å². The van der Waals surface area contributed by atoms with Crippen LogP contribution in [0.15, 0.2) is 41.6 Å². The lowest BCUT2D eigenvalue weighted by molar-refractivity contribution is -0.121. The summed E-state index contributed by atoms with van der Waals surface area (Å²) in [4.78, 5) is 41.7. The summed E-state index contributed by atoms with van der Waals surface area (Å²) < 4.78 is 0. The molecule has 25 heavy (non-hydrogen) atoms. The quantitative estimate of drug-likeness (QED) is 0.848. The van der Waals surface area contributed by atoms with Gasteiger partial charge in [0.1, 0.15) is 5.03 Å². The van der Waals surface area contributed by atoms with Gasteiger partial charge in [-0.2, -0.15) is 0 Å². The van der Waals surface area contributed by atoms with E-state index in [-0.39, 0.29) is 28.8 Å². The summed E-state index contributed by atoms with van der Waals surface area (Å²) in [6, 6.07) is 8.55. The van der Waals surface area contributed by atoms with Gasteiger partial charge in [0.15, 0.2) is 0 Å². The van der Waals surface area contributed by atoms with Crippen molar-refractivity contribution >= 4 is 35.2 Å². The van der Waals surface area contributed by atoms with Crippen molar-refractivity contribution in [3.8, 4) is 0 Å². The summed E-state index contributed by atoms with van der Waals surface area (Å²) >= 11 is 1.02. The Morgan fingerprint density at radius 1 is 1.28 bits per heavy atom. The van der Waals surface area contributed by atoms with Crippen LogP contribution in [0.3, 0.4) is 0 Å². The third kappa shape index (κ3) is 3.28. The van der Waals surface area contributed by atoms with Crippen LogP contribution in [-0.4, -0.2) is 33.1 Å². The zero-order valence-corrected chi connectivity index (χ0v) is 14.5. The van der Waals surface area contributed by atoms with Crippen LogP contribution in [0.25, 0.3) is 0 Å². The number of thioether (sulfide) groups is 1. The highest BCUT2D eigenvalue weighted by Crippen LogP contribution is 2.35. The first-order chi connectivity index (χ1) is 11.9. The highest BCUT2D eigenvalue weighted by Gasteiger charge is 2.41. The second kappa shape index (κ2) is 6.68. The Morgan fingerprint density at radius 3 is 2.76 bits per heavy atom. The van der Waals surface area contributed by atoms with Crippen LogP contribution in [0.5, 0.6) is 0 Å². The van der Waals surface area contributed by atoms with Crippen LogP contribution in [0.4, 0.5) is 5.69 Å². The Balaban J connectivity index is 1.90. The van der Waals surface area contributed by atoms with Gasteiger partial charge in [-0.25, -0.2) is 14.7 Å². The van der Waals surface area contributed by atoms with E-state index in [0.717, 1.165) is 22.9 Å². The molecular weight excluding hydrogens is 340 g/mol. The largest absolute Gasteiger partial charge is 0.478 e. The number of pyridine rings is 1. The molecule has 0 saturated carbocycles. The topological polar surface area (TPSA) is 87.6 Å². The van der Waals surface area contributed by atoms with Crippen molar-refractivity contribution in [2.45, 2.75) is 30.5 Å². The van der Waals surface area contributed by atoms with Crippen molar-refractivity contribution in [1.29, 1.82) is 0 Å². The molecule has 1 N–H and O–H groups in total. The Morgan fingerprint density at radius 2 is 2.04 bits per heavy atom. The maximum Gasteiger partial charge on any atom is 0.338 e. The van der Waals surface area contributed by atoms with Crippen molar-refractivity contribution in [1.82, 2.24) is 4.98 Å². The predicted octanol–water partition coefficient (Wildman–Crippen LogP) is 2.82. The average molecular weight is 356 g/mol. The highest BCUT2D eigenvalue weighted by molar-refractivity contribution is 8.00. The number of carboxylic acids is 1. The number of anilines is 1. The SMILES string of the molecule is Cc1ccc(C)c(N2C(=O)C[C@H](Sc3ncccc3C(=O)O)C2=O)c1. The number of carbonyl (C=O) groups excluding carboxylic acids is 2. The maximum absolute atomic E-state index is 12.8. The van der Waals surface area contributed by atoms with Crippen LogP contribution >= 0.6 is 11.8 Å². The predicted molar refractivity (Wildman–Crippen MR) is 93.9 cm³/mol. The van der Waals surface area contributed by atoms with Gasteiger partial charge in [-0.05, 0) is 43.2 Å². The molecule has 7 heteroatoms. The number of amides is 2. The van der Waals surface area contributed by atoms with Crippen LogP contribution in [-0.2, 0) is 9.59 Å². The van der Waals surface area contributed by atoms with E-state index < -0.39 is 11.2 Å². The van der Waals surface area contributed by atoms with Gasteiger partial charge >= 0.3 is 5.97 Å². The first-order valence-corrected chi connectivity index (χ1v) is 8.55. The summed E-state index contributed by atoms with van der Waals surface area (Å²) in [5, 5.41) is 8.80. The molecule has 2 amide bonds. The fraction of sp³-hybridized carbons (Fsp3) is 0.222. The Bertz CT molecular complexity index is 881. The second-order valence-electron chi connectivity index (χ2n) is 5.83. The molecular formula is C18H16N2O4S. The van der Waals surface area contributed by atoms with Crippen LogP contribution in [0.2, 0.25) is 0 Å². The summed E-state index contributed by atoms with van der Waals surface area (Å²) in [6.45, 7) is 3.74. The molecule has 2 aromatic rings. The third-order valence-corrected chi connectivity index (χ3v) is 5.17. The summed E-state index contributed by atoms with van der Waals surface area (Å²) in [6.07, 6.45) is 1.49. The van der Waals surface area contributed by atoms with Crippen molar-refractivity contribution in [2.24, 2.45) is 0 Å². The Kier molecular flexibility index (Phi) is 4.59. The molecule has 1 saturated heterocycles. The lowest BCUT2D eigenvalue weighted by Gasteiger charge is -2.18. The zero-order valence-electron chi connectivity index (χ0n) is 13.7. The normalized spacial score (nSPS) is 17.2. The van der Waals surface area contributed by atoms with E-state index in [2.05, 4.69) is 4.98 Å². The molecule has 0 aliphatic carbocycles. The number of aromatic nitrogens is 1. The molecule has 1 aromatic carbocycles. The molecule has 0 unspecified atom stereocenters. The fourth-order valence-corrected chi connectivity index (χ4v) is 3.80. The lowest BCUT2D eigenvalue weighted by atomic mass is 10.1. The molecule has 0 spiro atoms. The third-order valence-electron chi connectivity index (χ3n) is 3.97. The number of nitrogens with zero attached hydrogens (tertiary/aromatic N) is 2. The Hall–Kier alpha value is -2.67. The smallest absolute Gasteiger partial charge is 0.338 e. The number of carbonyl (C=O) groups is 3. The molecule has 6 nitrogen and oxygen atoms in total. The van der Waals surface area contributed by atoms with Gasteiger partial charge < -0.3 is 5.11 Å². The van der Waals surface area contributed by atoms with Gasteiger partial charge in [-0.15, -0.1) is 0 Å². The number of aryl methyl sites for hydroxylation is 2. The number of hydrogen-bond donors (Lipinski definition) is 1. The lowest BCUT2D eigenvalue weighted by Crippen LogP contribution is -2.31. The molecule has 128 valence electrons. The van der Waals surface area contributed by atoms with E-state index in [1.54, 1.807) is 0 Å². The van der Waals surface area contributed by atoms with Crippen molar-refractivity contribution in [3.05, 3.63) is 53.2 Å². The molecule has 3 rings (SSSR count). The van der Waals surface area contributed by atoms with E-state index in [4.69, 9.17) is 0 Å². The highest BCUT2D eigenvalue weighted by atomic mass is 32.2. The van der Waals surface area contributed by atoms with Gasteiger partial charge in [-0.1, -0.05) is 23.9 Å². The van der Waals surface area contributed by atoms with E-state index in [1.807, 2.05) is 32.0 Å². The van der Waals surface area contributed by atoms with Crippen LogP contribution in [0.1, 0.15) is 27.9 Å². The molecule has 1 atom stereocenters. The Labute approximate surface area is 148 Å². The number of imide groups is 1. The monoisotopic (exact) mass is 356 g/mol. The molecule has 1 fully saturated rings. The van der Waals surface area contributed by atoms with Gasteiger partial charge in [-0.3, -0.25) is 9.59 Å². The molecule has 0 radical (unpaired) electrons. The van der Waals surface area contributed by atoms with Gasteiger partial charge in [0, 0.05) is 12.6 Å². The van der Waals surface area contributed by atoms with Crippen molar-refractivity contribution in [3.63, 3.8) is 0 Å². The molecule has 1 aliphatic rings. The van der Waals surface area contributed by atoms with Gasteiger partial charge in [0.05, 0.1) is 16.5 Å².